The number of ketones is 1. The monoisotopic (exact) mass is 304 g/mol. The molecule has 0 amide bonds. The van der Waals surface area contributed by atoms with Gasteiger partial charge in [-0.3, -0.25) is 4.79 Å². The third kappa shape index (κ3) is 4.73. The van der Waals surface area contributed by atoms with E-state index in [-0.39, 0.29) is 5.78 Å². The number of Topliss-reactive ketones (excluding diaryl/α,β-unsaturated/α-hetero) is 1. The Balaban J connectivity index is 1.85. The predicted octanol–water partition coefficient (Wildman–Crippen LogP) is 3.36. The highest BCUT2D eigenvalue weighted by atomic mass is 16.5. The number of benzene rings is 1. The Morgan fingerprint density at radius 3 is 2.73 bits per heavy atom. The number of piperidine rings is 1. The SMILES string of the molecule is CCCOc1ccc(C(=O)CCN2CCC(C)CC2)cc1N. The van der Waals surface area contributed by atoms with E-state index in [9.17, 15) is 4.79 Å². The summed E-state index contributed by atoms with van der Waals surface area (Å²) in [6.45, 7) is 8.06. The van der Waals surface area contributed by atoms with E-state index in [0.717, 1.165) is 32.0 Å². The lowest BCUT2D eigenvalue weighted by Crippen LogP contribution is -2.34. The van der Waals surface area contributed by atoms with Crippen molar-refractivity contribution in [2.24, 2.45) is 5.92 Å². The summed E-state index contributed by atoms with van der Waals surface area (Å²) >= 11 is 0. The van der Waals surface area contributed by atoms with Crippen LogP contribution in [0.25, 0.3) is 0 Å². The number of nitrogens with zero attached hydrogens (tertiary/aromatic N) is 1. The van der Waals surface area contributed by atoms with Crippen molar-refractivity contribution in [3.05, 3.63) is 23.8 Å². The zero-order chi connectivity index (χ0) is 15.9. The van der Waals surface area contributed by atoms with Crippen LogP contribution in [-0.4, -0.2) is 36.9 Å². The number of carbonyl (C=O) groups is 1. The predicted molar refractivity (Wildman–Crippen MR) is 90.4 cm³/mol. The van der Waals surface area contributed by atoms with E-state index in [4.69, 9.17) is 10.5 Å². The van der Waals surface area contributed by atoms with Gasteiger partial charge in [0.05, 0.1) is 12.3 Å². The lowest BCUT2D eigenvalue weighted by Gasteiger charge is -2.29. The van der Waals surface area contributed by atoms with E-state index < -0.39 is 0 Å². The van der Waals surface area contributed by atoms with Gasteiger partial charge in [0.2, 0.25) is 0 Å². The third-order valence-corrected chi connectivity index (χ3v) is 4.32. The van der Waals surface area contributed by atoms with Crippen LogP contribution in [0.15, 0.2) is 18.2 Å². The summed E-state index contributed by atoms with van der Waals surface area (Å²) in [7, 11) is 0. The molecule has 122 valence electrons. The molecule has 1 heterocycles. The molecular weight excluding hydrogens is 276 g/mol. The minimum absolute atomic E-state index is 0.160. The summed E-state index contributed by atoms with van der Waals surface area (Å²) in [5.41, 5.74) is 7.20. The first kappa shape index (κ1) is 16.8. The Morgan fingerprint density at radius 2 is 2.09 bits per heavy atom. The number of likely N-dealkylation sites (tertiary alicyclic amines) is 1. The second-order valence-corrected chi connectivity index (χ2v) is 6.30. The lowest BCUT2D eigenvalue weighted by atomic mass is 9.99. The minimum Gasteiger partial charge on any atom is -0.491 e. The quantitative estimate of drug-likeness (QED) is 0.620. The second-order valence-electron chi connectivity index (χ2n) is 6.30. The van der Waals surface area contributed by atoms with Crippen LogP contribution in [0.4, 0.5) is 5.69 Å². The first-order chi connectivity index (χ1) is 10.6. The molecule has 4 heteroatoms. The van der Waals surface area contributed by atoms with E-state index in [1.807, 2.05) is 6.07 Å². The van der Waals surface area contributed by atoms with Crippen LogP contribution in [-0.2, 0) is 0 Å². The maximum absolute atomic E-state index is 12.3. The molecule has 0 radical (unpaired) electrons. The van der Waals surface area contributed by atoms with Gasteiger partial charge in [-0.2, -0.15) is 0 Å². The molecule has 1 aromatic carbocycles. The van der Waals surface area contributed by atoms with Gasteiger partial charge >= 0.3 is 0 Å². The van der Waals surface area contributed by atoms with Crippen molar-refractivity contribution in [3.8, 4) is 5.75 Å². The molecule has 22 heavy (non-hydrogen) atoms. The number of hydrogen-bond acceptors (Lipinski definition) is 4. The van der Waals surface area contributed by atoms with E-state index in [2.05, 4.69) is 18.7 Å². The molecule has 0 aliphatic carbocycles. The van der Waals surface area contributed by atoms with Gasteiger partial charge in [0, 0.05) is 18.5 Å². The first-order valence-corrected chi connectivity index (χ1v) is 8.38. The Hall–Kier alpha value is -1.55. The van der Waals surface area contributed by atoms with Crippen LogP contribution >= 0.6 is 0 Å². The lowest BCUT2D eigenvalue weighted by molar-refractivity contribution is 0.0953. The highest BCUT2D eigenvalue weighted by Gasteiger charge is 2.17. The van der Waals surface area contributed by atoms with Crippen LogP contribution in [0.2, 0.25) is 0 Å². The highest BCUT2D eigenvalue weighted by molar-refractivity contribution is 5.97. The highest BCUT2D eigenvalue weighted by Crippen LogP contribution is 2.23. The number of nitrogen functional groups attached to an aromatic ring is 1. The summed E-state index contributed by atoms with van der Waals surface area (Å²) in [5, 5.41) is 0. The Bertz CT molecular complexity index is 494. The topological polar surface area (TPSA) is 55.6 Å². The molecule has 2 rings (SSSR count). The van der Waals surface area contributed by atoms with Gasteiger partial charge in [-0.05, 0) is 56.5 Å². The van der Waals surface area contributed by atoms with E-state index in [1.54, 1.807) is 12.1 Å². The number of hydrogen-bond donors (Lipinski definition) is 1. The number of anilines is 1. The van der Waals surface area contributed by atoms with Crippen LogP contribution in [0.3, 0.4) is 0 Å². The molecule has 1 aliphatic rings. The summed E-state index contributed by atoms with van der Waals surface area (Å²) in [6, 6.07) is 5.37. The molecule has 1 saturated heterocycles. The van der Waals surface area contributed by atoms with E-state index in [1.165, 1.54) is 12.8 Å². The third-order valence-electron chi connectivity index (χ3n) is 4.32. The standard InChI is InChI=1S/C18H28N2O2/c1-3-12-22-18-5-4-15(13-16(18)19)17(21)8-11-20-9-6-14(2)7-10-20/h4-5,13-14H,3,6-12,19H2,1-2H3. The van der Waals surface area contributed by atoms with Gasteiger partial charge in [-0.15, -0.1) is 0 Å². The van der Waals surface area contributed by atoms with Crippen molar-refractivity contribution < 1.29 is 9.53 Å². The maximum Gasteiger partial charge on any atom is 0.164 e. The summed E-state index contributed by atoms with van der Waals surface area (Å²) < 4.78 is 5.54. The van der Waals surface area contributed by atoms with Crippen molar-refractivity contribution >= 4 is 11.5 Å². The zero-order valence-electron chi connectivity index (χ0n) is 13.8. The van der Waals surface area contributed by atoms with Crippen LogP contribution < -0.4 is 10.5 Å². The number of ether oxygens (including phenoxy) is 1. The molecule has 1 aliphatic heterocycles. The molecule has 0 aromatic heterocycles. The van der Waals surface area contributed by atoms with Crippen molar-refractivity contribution in [2.45, 2.75) is 39.5 Å². The molecule has 2 N–H and O–H groups in total. The van der Waals surface area contributed by atoms with Crippen molar-refractivity contribution in [2.75, 3.05) is 32.0 Å². The fourth-order valence-corrected chi connectivity index (χ4v) is 2.76. The molecule has 0 unspecified atom stereocenters. The smallest absolute Gasteiger partial charge is 0.164 e. The molecular formula is C18H28N2O2. The molecule has 1 fully saturated rings. The average molecular weight is 304 g/mol. The largest absolute Gasteiger partial charge is 0.491 e. The molecule has 0 atom stereocenters. The van der Waals surface area contributed by atoms with Gasteiger partial charge in [0.1, 0.15) is 5.75 Å². The van der Waals surface area contributed by atoms with Crippen LogP contribution in [0.1, 0.15) is 49.9 Å². The fourth-order valence-electron chi connectivity index (χ4n) is 2.76. The van der Waals surface area contributed by atoms with E-state index in [0.29, 0.717) is 30.0 Å². The van der Waals surface area contributed by atoms with Gasteiger partial charge in [0.15, 0.2) is 5.78 Å². The van der Waals surface area contributed by atoms with Gasteiger partial charge in [0.25, 0.3) is 0 Å². The molecule has 0 saturated carbocycles. The Kier molecular flexibility index (Phi) is 6.25. The van der Waals surface area contributed by atoms with Crippen molar-refractivity contribution in [1.29, 1.82) is 0 Å². The van der Waals surface area contributed by atoms with E-state index >= 15 is 0 Å². The van der Waals surface area contributed by atoms with Crippen molar-refractivity contribution in [1.82, 2.24) is 4.90 Å². The number of nitrogens with two attached hydrogens (primary N) is 1. The number of carbonyl (C=O) groups excluding carboxylic acids is 1. The van der Waals surface area contributed by atoms with Gasteiger partial charge in [-0.25, -0.2) is 0 Å². The Morgan fingerprint density at radius 1 is 1.36 bits per heavy atom. The molecule has 0 bridgehead atoms. The summed E-state index contributed by atoms with van der Waals surface area (Å²) in [4.78, 5) is 14.7. The minimum atomic E-state index is 0.160. The summed E-state index contributed by atoms with van der Waals surface area (Å²) in [5.74, 6) is 1.65. The van der Waals surface area contributed by atoms with Gasteiger partial charge in [-0.1, -0.05) is 13.8 Å². The van der Waals surface area contributed by atoms with Crippen molar-refractivity contribution in [3.63, 3.8) is 0 Å². The molecule has 4 nitrogen and oxygen atoms in total. The average Bonchev–Trinajstić information content (AvgIpc) is 2.53. The van der Waals surface area contributed by atoms with Crippen LogP contribution in [0, 0.1) is 5.92 Å². The summed E-state index contributed by atoms with van der Waals surface area (Å²) in [6.07, 6.45) is 3.98. The molecule has 0 spiro atoms. The first-order valence-electron chi connectivity index (χ1n) is 8.38. The molecule has 1 aromatic rings. The number of rotatable bonds is 7. The normalized spacial score (nSPS) is 16.6. The maximum atomic E-state index is 12.3. The van der Waals surface area contributed by atoms with Gasteiger partial charge < -0.3 is 15.4 Å². The fraction of sp³-hybridized carbons (Fsp3) is 0.611. The zero-order valence-corrected chi connectivity index (χ0v) is 13.8. The second kappa shape index (κ2) is 8.18. The van der Waals surface area contributed by atoms with Crippen LogP contribution in [0.5, 0.6) is 5.75 Å². The Labute approximate surface area is 133 Å².